The van der Waals surface area contributed by atoms with Gasteiger partial charge in [-0.25, -0.2) is 0 Å². The van der Waals surface area contributed by atoms with Crippen molar-refractivity contribution >= 4 is 5.97 Å². The molecule has 0 aromatic heterocycles. The molecule has 1 aliphatic carbocycles. The summed E-state index contributed by atoms with van der Waals surface area (Å²) in [6.07, 6.45) is 6.25. The van der Waals surface area contributed by atoms with Crippen molar-refractivity contribution in [1.82, 2.24) is 5.32 Å². The second-order valence-corrected chi connectivity index (χ2v) is 3.43. The molecule has 70 valence electrons. The molecule has 1 aliphatic rings. The summed E-state index contributed by atoms with van der Waals surface area (Å²) in [4.78, 5) is 10.2. The molecule has 0 unspecified atom stereocenters. The minimum atomic E-state index is -0.691. The first-order valence-electron chi connectivity index (χ1n) is 4.74. The van der Waals surface area contributed by atoms with E-state index in [2.05, 4.69) is 5.32 Å². The van der Waals surface area contributed by atoms with Crippen LogP contribution in [0.2, 0.25) is 0 Å². The van der Waals surface area contributed by atoms with Gasteiger partial charge in [-0.3, -0.25) is 4.79 Å². The topological polar surface area (TPSA) is 49.3 Å². The van der Waals surface area contributed by atoms with Crippen LogP contribution in [0.1, 0.15) is 38.5 Å². The molecule has 1 fully saturated rings. The van der Waals surface area contributed by atoms with E-state index >= 15 is 0 Å². The van der Waals surface area contributed by atoms with Gasteiger partial charge in [0.2, 0.25) is 0 Å². The lowest BCUT2D eigenvalue weighted by Gasteiger charge is -2.10. The lowest BCUT2D eigenvalue weighted by molar-refractivity contribution is -0.137. The first-order chi connectivity index (χ1) is 5.79. The van der Waals surface area contributed by atoms with E-state index in [-0.39, 0.29) is 0 Å². The van der Waals surface area contributed by atoms with Crippen molar-refractivity contribution in [2.75, 3.05) is 6.54 Å². The maximum Gasteiger partial charge on any atom is 0.303 e. The Labute approximate surface area is 73.2 Å². The van der Waals surface area contributed by atoms with Gasteiger partial charge in [0.1, 0.15) is 0 Å². The van der Waals surface area contributed by atoms with Crippen LogP contribution in [0.15, 0.2) is 0 Å². The van der Waals surface area contributed by atoms with E-state index in [1.54, 1.807) is 0 Å². The van der Waals surface area contributed by atoms with Crippen LogP contribution in [-0.4, -0.2) is 23.7 Å². The van der Waals surface area contributed by atoms with E-state index in [0.717, 1.165) is 13.0 Å². The molecule has 0 bridgehead atoms. The zero-order chi connectivity index (χ0) is 8.81. The van der Waals surface area contributed by atoms with E-state index in [9.17, 15) is 4.79 Å². The number of nitrogens with one attached hydrogen (secondary N) is 1. The third-order valence-corrected chi connectivity index (χ3v) is 2.36. The molecule has 0 spiro atoms. The molecule has 0 saturated heterocycles. The van der Waals surface area contributed by atoms with Gasteiger partial charge in [-0.05, 0) is 25.8 Å². The van der Waals surface area contributed by atoms with Crippen LogP contribution in [0.4, 0.5) is 0 Å². The third kappa shape index (κ3) is 3.72. The van der Waals surface area contributed by atoms with Gasteiger partial charge in [-0.1, -0.05) is 12.8 Å². The van der Waals surface area contributed by atoms with Crippen LogP contribution in [-0.2, 0) is 4.79 Å². The van der Waals surface area contributed by atoms with Gasteiger partial charge >= 0.3 is 5.97 Å². The molecule has 0 aliphatic heterocycles. The minimum absolute atomic E-state index is 0.291. The molecule has 12 heavy (non-hydrogen) atoms. The minimum Gasteiger partial charge on any atom is -0.481 e. The number of rotatable bonds is 5. The van der Waals surface area contributed by atoms with E-state index in [0.29, 0.717) is 12.5 Å². The van der Waals surface area contributed by atoms with Crippen molar-refractivity contribution in [2.24, 2.45) is 0 Å². The molecular weight excluding hydrogens is 154 g/mol. The highest BCUT2D eigenvalue weighted by Gasteiger charge is 2.13. The van der Waals surface area contributed by atoms with Crippen molar-refractivity contribution in [3.05, 3.63) is 0 Å². The summed E-state index contributed by atoms with van der Waals surface area (Å²) in [7, 11) is 0. The van der Waals surface area contributed by atoms with Crippen molar-refractivity contribution in [2.45, 2.75) is 44.6 Å². The SMILES string of the molecule is O=C(O)CCCNC1CCCC1. The van der Waals surface area contributed by atoms with Gasteiger partial charge in [0, 0.05) is 12.5 Å². The molecule has 2 N–H and O–H groups in total. The molecule has 0 amide bonds. The Balaban J connectivity index is 1.91. The number of carboxylic acids is 1. The summed E-state index contributed by atoms with van der Waals surface area (Å²) in [5.41, 5.74) is 0. The van der Waals surface area contributed by atoms with E-state index in [4.69, 9.17) is 5.11 Å². The Morgan fingerprint density at radius 2 is 2.08 bits per heavy atom. The maximum absolute atomic E-state index is 10.2. The van der Waals surface area contributed by atoms with E-state index < -0.39 is 5.97 Å². The molecule has 1 saturated carbocycles. The third-order valence-electron chi connectivity index (χ3n) is 2.36. The molecular formula is C9H17NO2. The summed E-state index contributed by atoms with van der Waals surface area (Å²) in [5, 5.41) is 11.8. The first kappa shape index (κ1) is 9.52. The molecule has 0 heterocycles. The highest BCUT2D eigenvalue weighted by Crippen LogP contribution is 2.17. The Morgan fingerprint density at radius 3 is 2.67 bits per heavy atom. The predicted octanol–water partition coefficient (Wildman–Crippen LogP) is 1.38. The normalized spacial score (nSPS) is 18.3. The summed E-state index contributed by atoms with van der Waals surface area (Å²) in [5.74, 6) is -0.691. The molecule has 1 rings (SSSR count). The molecule has 0 radical (unpaired) electrons. The lowest BCUT2D eigenvalue weighted by atomic mass is 10.2. The largest absolute Gasteiger partial charge is 0.481 e. The van der Waals surface area contributed by atoms with Gasteiger partial charge < -0.3 is 10.4 Å². The molecule has 3 heteroatoms. The van der Waals surface area contributed by atoms with Gasteiger partial charge in [0.05, 0.1) is 0 Å². The quantitative estimate of drug-likeness (QED) is 0.614. The lowest BCUT2D eigenvalue weighted by Crippen LogP contribution is -2.27. The molecule has 0 atom stereocenters. The number of carboxylic acid groups (broad SMARTS) is 1. The average molecular weight is 171 g/mol. The second-order valence-electron chi connectivity index (χ2n) is 3.43. The van der Waals surface area contributed by atoms with Crippen LogP contribution >= 0.6 is 0 Å². The molecule has 3 nitrogen and oxygen atoms in total. The maximum atomic E-state index is 10.2. The summed E-state index contributed by atoms with van der Waals surface area (Å²) < 4.78 is 0. The average Bonchev–Trinajstić information content (AvgIpc) is 2.49. The smallest absolute Gasteiger partial charge is 0.303 e. The fourth-order valence-electron chi connectivity index (χ4n) is 1.68. The number of hydrogen-bond acceptors (Lipinski definition) is 2. The van der Waals surface area contributed by atoms with Crippen LogP contribution in [0.3, 0.4) is 0 Å². The summed E-state index contributed by atoms with van der Waals surface area (Å²) in [6, 6.07) is 0.666. The van der Waals surface area contributed by atoms with Gasteiger partial charge in [0.25, 0.3) is 0 Å². The Bertz CT molecular complexity index is 141. The Morgan fingerprint density at radius 1 is 1.42 bits per heavy atom. The molecule has 0 aromatic carbocycles. The highest BCUT2D eigenvalue weighted by atomic mass is 16.4. The van der Waals surface area contributed by atoms with Gasteiger partial charge in [-0.2, -0.15) is 0 Å². The standard InChI is InChI=1S/C9H17NO2/c11-9(12)6-3-7-10-8-4-1-2-5-8/h8,10H,1-7H2,(H,11,12). The van der Waals surface area contributed by atoms with Gasteiger partial charge in [-0.15, -0.1) is 0 Å². The number of aliphatic carboxylic acids is 1. The van der Waals surface area contributed by atoms with E-state index in [1.807, 2.05) is 0 Å². The van der Waals surface area contributed by atoms with Crippen molar-refractivity contribution in [3.8, 4) is 0 Å². The monoisotopic (exact) mass is 171 g/mol. The highest BCUT2D eigenvalue weighted by molar-refractivity contribution is 5.66. The van der Waals surface area contributed by atoms with Crippen LogP contribution in [0.25, 0.3) is 0 Å². The number of hydrogen-bond donors (Lipinski definition) is 2. The summed E-state index contributed by atoms with van der Waals surface area (Å²) in [6.45, 7) is 0.858. The van der Waals surface area contributed by atoms with Crippen molar-refractivity contribution in [3.63, 3.8) is 0 Å². The van der Waals surface area contributed by atoms with Crippen molar-refractivity contribution in [1.29, 1.82) is 0 Å². The van der Waals surface area contributed by atoms with Gasteiger partial charge in [0.15, 0.2) is 0 Å². The zero-order valence-corrected chi connectivity index (χ0v) is 7.38. The first-order valence-corrected chi connectivity index (χ1v) is 4.74. The van der Waals surface area contributed by atoms with Crippen LogP contribution < -0.4 is 5.32 Å². The Kier molecular flexibility index (Phi) is 4.08. The summed E-state index contributed by atoms with van der Waals surface area (Å²) >= 11 is 0. The van der Waals surface area contributed by atoms with E-state index in [1.165, 1.54) is 25.7 Å². The number of carbonyl (C=O) groups is 1. The van der Waals surface area contributed by atoms with Crippen LogP contribution in [0.5, 0.6) is 0 Å². The molecule has 0 aromatic rings. The second kappa shape index (κ2) is 5.14. The van der Waals surface area contributed by atoms with Crippen LogP contribution in [0, 0.1) is 0 Å². The Hall–Kier alpha value is -0.570. The zero-order valence-electron chi connectivity index (χ0n) is 7.38. The fourth-order valence-corrected chi connectivity index (χ4v) is 1.68. The predicted molar refractivity (Wildman–Crippen MR) is 47.1 cm³/mol. The van der Waals surface area contributed by atoms with Crippen molar-refractivity contribution < 1.29 is 9.90 Å². The fraction of sp³-hybridized carbons (Fsp3) is 0.889.